The van der Waals surface area contributed by atoms with Crippen LogP contribution in [0.15, 0.2) is 23.4 Å². The molecule has 1 aromatic carbocycles. The van der Waals surface area contributed by atoms with Crippen LogP contribution >= 0.6 is 23.2 Å². The van der Waals surface area contributed by atoms with Gasteiger partial charge in [-0.3, -0.25) is 0 Å². The van der Waals surface area contributed by atoms with Crippen molar-refractivity contribution in [2.75, 3.05) is 11.9 Å². The minimum atomic E-state index is 0.0853. The first-order valence-corrected chi connectivity index (χ1v) is 6.46. The molecule has 1 aliphatic rings. The minimum absolute atomic E-state index is 0.0853. The molecule has 0 amide bonds. The molecular weight excluding hydrogens is 273 g/mol. The first-order chi connectivity index (χ1) is 8.56. The zero-order valence-electron chi connectivity index (χ0n) is 9.79. The summed E-state index contributed by atoms with van der Waals surface area (Å²) in [4.78, 5) is 0. The highest BCUT2D eigenvalue weighted by molar-refractivity contribution is 6.43. The fraction of sp³-hybridized carbons (Fsp3) is 0.417. The second-order valence-corrected chi connectivity index (χ2v) is 5.51. The molecule has 4 nitrogen and oxygen atoms in total. The molecule has 0 heterocycles. The van der Waals surface area contributed by atoms with Crippen molar-refractivity contribution >= 4 is 34.7 Å². The maximum absolute atomic E-state index is 8.60. The smallest absolute Gasteiger partial charge is 0.139 e. The molecule has 0 spiro atoms. The molecule has 0 radical (unpaired) electrons. The van der Waals surface area contributed by atoms with Crippen molar-refractivity contribution < 1.29 is 5.21 Å². The largest absolute Gasteiger partial charge is 0.409 e. The summed E-state index contributed by atoms with van der Waals surface area (Å²) < 4.78 is 0. The Morgan fingerprint density at radius 1 is 1.44 bits per heavy atom. The second kappa shape index (κ2) is 5.24. The van der Waals surface area contributed by atoms with Gasteiger partial charge in [-0.15, -0.1) is 0 Å². The molecule has 2 rings (SSSR count). The molecule has 1 fully saturated rings. The van der Waals surface area contributed by atoms with Gasteiger partial charge in [0.05, 0.1) is 15.7 Å². The van der Waals surface area contributed by atoms with Crippen molar-refractivity contribution in [1.82, 2.24) is 0 Å². The van der Waals surface area contributed by atoms with Gasteiger partial charge in [-0.2, -0.15) is 0 Å². The Balaban J connectivity index is 1.98. The van der Waals surface area contributed by atoms with Crippen LogP contribution in [-0.2, 0) is 0 Å². The summed E-state index contributed by atoms with van der Waals surface area (Å²) in [7, 11) is 0. The number of benzene rings is 1. The first-order valence-electron chi connectivity index (χ1n) is 5.71. The Bertz CT molecular complexity index is 472. The number of hydrogen-bond donors (Lipinski definition) is 3. The molecule has 0 unspecified atom stereocenters. The topological polar surface area (TPSA) is 70.6 Å². The highest BCUT2D eigenvalue weighted by Gasteiger charge is 2.43. The monoisotopic (exact) mass is 287 g/mol. The summed E-state index contributed by atoms with van der Waals surface area (Å²) in [5, 5.41) is 15.9. The number of anilines is 1. The third-order valence-corrected chi connectivity index (χ3v) is 4.07. The van der Waals surface area contributed by atoms with Crippen molar-refractivity contribution in [3.63, 3.8) is 0 Å². The van der Waals surface area contributed by atoms with Gasteiger partial charge in [0.15, 0.2) is 0 Å². The van der Waals surface area contributed by atoms with Gasteiger partial charge < -0.3 is 16.3 Å². The summed E-state index contributed by atoms with van der Waals surface area (Å²) in [6.07, 6.45) is 2.72. The molecule has 1 aliphatic carbocycles. The lowest BCUT2D eigenvalue weighted by Crippen LogP contribution is -2.23. The van der Waals surface area contributed by atoms with Crippen molar-refractivity contribution in [2.24, 2.45) is 16.3 Å². The number of nitrogens with zero attached hydrogens (tertiary/aromatic N) is 1. The van der Waals surface area contributed by atoms with Crippen LogP contribution in [-0.4, -0.2) is 17.6 Å². The molecule has 0 bridgehead atoms. The van der Waals surface area contributed by atoms with Crippen LogP contribution in [0.25, 0.3) is 0 Å². The van der Waals surface area contributed by atoms with E-state index in [0.29, 0.717) is 16.5 Å². The number of nitrogens with two attached hydrogens (primary N) is 1. The molecule has 1 aromatic rings. The molecule has 18 heavy (non-hydrogen) atoms. The van der Waals surface area contributed by atoms with E-state index in [1.807, 2.05) is 12.1 Å². The molecule has 1 saturated carbocycles. The maximum Gasteiger partial charge on any atom is 0.139 e. The van der Waals surface area contributed by atoms with E-state index in [9.17, 15) is 0 Å². The maximum atomic E-state index is 8.60. The molecule has 0 atom stereocenters. The quantitative estimate of drug-likeness (QED) is 0.337. The lowest BCUT2D eigenvalue weighted by Gasteiger charge is -2.17. The number of hydrogen-bond acceptors (Lipinski definition) is 3. The Morgan fingerprint density at radius 2 is 2.17 bits per heavy atom. The van der Waals surface area contributed by atoms with E-state index in [0.717, 1.165) is 25.1 Å². The molecule has 6 heteroatoms. The van der Waals surface area contributed by atoms with Gasteiger partial charge in [0.1, 0.15) is 5.84 Å². The van der Waals surface area contributed by atoms with Gasteiger partial charge >= 0.3 is 0 Å². The number of amidine groups is 1. The van der Waals surface area contributed by atoms with Crippen LogP contribution in [0.3, 0.4) is 0 Å². The summed E-state index contributed by atoms with van der Waals surface area (Å²) >= 11 is 12.0. The number of halogens is 2. The van der Waals surface area contributed by atoms with Crippen LogP contribution in [0.4, 0.5) is 5.69 Å². The van der Waals surface area contributed by atoms with E-state index in [1.54, 1.807) is 6.07 Å². The van der Waals surface area contributed by atoms with Gasteiger partial charge in [0.25, 0.3) is 0 Å². The average molecular weight is 288 g/mol. The van der Waals surface area contributed by atoms with Crippen molar-refractivity contribution in [3.05, 3.63) is 28.2 Å². The summed E-state index contributed by atoms with van der Waals surface area (Å²) in [5.74, 6) is 0.270. The van der Waals surface area contributed by atoms with E-state index in [1.165, 1.54) is 0 Å². The van der Waals surface area contributed by atoms with E-state index >= 15 is 0 Å². The molecular formula is C12H15Cl2N3O. The van der Waals surface area contributed by atoms with Crippen LogP contribution in [0.2, 0.25) is 10.0 Å². The Labute approximate surface area is 116 Å². The third kappa shape index (κ3) is 3.00. The highest BCUT2D eigenvalue weighted by atomic mass is 35.5. The van der Waals surface area contributed by atoms with E-state index < -0.39 is 0 Å². The van der Waals surface area contributed by atoms with Crippen molar-refractivity contribution in [1.29, 1.82) is 0 Å². The number of rotatable bonds is 5. The van der Waals surface area contributed by atoms with E-state index in [-0.39, 0.29) is 11.3 Å². The predicted molar refractivity (Wildman–Crippen MR) is 74.6 cm³/mol. The van der Waals surface area contributed by atoms with Crippen LogP contribution < -0.4 is 11.1 Å². The number of nitrogens with one attached hydrogen (secondary N) is 1. The highest BCUT2D eigenvalue weighted by Crippen LogP contribution is 2.49. The molecule has 0 saturated heterocycles. The summed E-state index contributed by atoms with van der Waals surface area (Å²) in [6, 6.07) is 5.48. The lowest BCUT2D eigenvalue weighted by molar-refractivity contribution is 0.315. The van der Waals surface area contributed by atoms with Gasteiger partial charge in [-0.1, -0.05) is 34.4 Å². The van der Waals surface area contributed by atoms with Gasteiger partial charge in [-0.05, 0) is 30.4 Å². The Morgan fingerprint density at radius 3 is 2.78 bits per heavy atom. The minimum Gasteiger partial charge on any atom is -0.409 e. The Kier molecular flexibility index (Phi) is 3.88. The summed E-state index contributed by atoms with van der Waals surface area (Å²) in [5.41, 5.74) is 6.45. The summed E-state index contributed by atoms with van der Waals surface area (Å²) in [6.45, 7) is 0.739. The number of oxime groups is 1. The zero-order chi connectivity index (χ0) is 13.2. The zero-order valence-corrected chi connectivity index (χ0v) is 11.3. The fourth-order valence-electron chi connectivity index (χ4n) is 1.94. The average Bonchev–Trinajstić information content (AvgIpc) is 3.11. The fourth-order valence-corrected chi connectivity index (χ4v) is 2.30. The van der Waals surface area contributed by atoms with Crippen LogP contribution in [0.5, 0.6) is 0 Å². The first kappa shape index (κ1) is 13.3. The molecule has 4 N–H and O–H groups in total. The van der Waals surface area contributed by atoms with Crippen molar-refractivity contribution in [2.45, 2.75) is 19.3 Å². The van der Waals surface area contributed by atoms with E-state index in [4.69, 9.17) is 34.1 Å². The predicted octanol–water partition coefficient (Wildman–Crippen LogP) is 3.32. The van der Waals surface area contributed by atoms with Gasteiger partial charge in [-0.25, -0.2) is 0 Å². The third-order valence-electron chi connectivity index (χ3n) is 3.25. The van der Waals surface area contributed by atoms with Gasteiger partial charge in [0.2, 0.25) is 0 Å². The normalized spacial score (nSPS) is 17.6. The molecule has 98 valence electrons. The lowest BCUT2D eigenvalue weighted by atomic mass is 10.0. The van der Waals surface area contributed by atoms with E-state index in [2.05, 4.69) is 10.5 Å². The van der Waals surface area contributed by atoms with Crippen LogP contribution in [0.1, 0.15) is 19.3 Å². The second-order valence-electron chi connectivity index (χ2n) is 4.72. The molecule has 0 aliphatic heterocycles. The Hall–Kier alpha value is -1.13. The molecule has 0 aromatic heterocycles. The van der Waals surface area contributed by atoms with Gasteiger partial charge in [0, 0.05) is 13.0 Å². The SMILES string of the molecule is NC(CC1(CNc2cccc(Cl)c2Cl)CC1)=NO. The van der Waals surface area contributed by atoms with Crippen molar-refractivity contribution in [3.8, 4) is 0 Å². The standard InChI is InChI=1S/C12H15Cl2N3O/c13-8-2-1-3-9(11(8)14)16-7-12(4-5-12)6-10(15)17-18/h1-3,16,18H,4-7H2,(H2,15,17). The van der Waals surface area contributed by atoms with Crippen LogP contribution in [0, 0.1) is 5.41 Å².